The maximum atomic E-state index is 12.2. The van der Waals surface area contributed by atoms with Crippen LogP contribution in [0.25, 0.3) is 0 Å². The minimum atomic E-state index is -4.66. The Kier molecular flexibility index (Phi) is 3.77. The summed E-state index contributed by atoms with van der Waals surface area (Å²) >= 11 is 1.76. The van der Waals surface area contributed by atoms with Crippen molar-refractivity contribution in [3.63, 3.8) is 0 Å². The van der Waals surface area contributed by atoms with E-state index in [9.17, 15) is 13.2 Å². The average molecular weight is 277 g/mol. The summed E-state index contributed by atoms with van der Waals surface area (Å²) in [6, 6.07) is 4.19. The van der Waals surface area contributed by atoms with Gasteiger partial charge in [-0.3, -0.25) is 0 Å². The number of rotatable bonds is 1. The molecule has 1 aromatic carbocycles. The van der Waals surface area contributed by atoms with E-state index in [4.69, 9.17) is 5.73 Å². The lowest BCUT2D eigenvalue weighted by Gasteiger charge is -2.16. The summed E-state index contributed by atoms with van der Waals surface area (Å²) in [5.41, 5.74) is 7.77. The fraction of sp³-hybridized carbons (Fsp3) is 0.500. The highest BCUT2D eigenvalue weighted by atomic mass is 32.2. The zero-order valence-electron chi connectivity index (χ0n) is 9.83. The van der Waals surface area contributed by atoms with Crippen molar-refractivity contribution in [1.82, 2.24) is 0 Å². The van der Waals surface area contributed by atoms with E-state index >= 15 is 0 Å². The molecule has 0 bridgehead atoms. The Morgan fingerprint density at radius 3 is 2.78 bits per heavy atom. The molecule has 0 saturated heterocycles. The van der Waals surface area contributed by atoms with Crippen LogP contribution in [0.3, 0.4) is 0 Å². The molecular weight excluding hydrogens is 263 g/mol. The molecule has 1 aliphatic rings. The van der Waals surface area contributed by atoms with Crippen LogP contribution in [0.1, 0.15) is 30.5 Å². The lowest BCUT2D eigenvalue weighted by molar-refractivity contribution is -0.274. The summed E-state index contributed by atoms with van der Waals surface area (Å²) < 4.78 is 40.4. The van der Waals surface area contributed by atoms with Crippen molar-refractivity contribution >= 4 is 11.8 Å². The van der Waals surface area contributed by atoms with Gasteiger partial charge in [-0.1, -0.05) is 13.0 Å². The van der Waals surface area contributed by atoms with E-state index in [-0.39, 0.29) is 11.8 Å². The molecule has 0 aromatic heterocycles. The van der Waals surface area contributed by atoms with Crippen LogP contribution < -0.4 is 10.5 Å². The van der Waals surface area contributed by atoms with Crippen LogP contribution in [0, 0.1) is 0 Å². The minimum Gasteiger partial charge on any atom is -0.406 e. The van der Waals surface area contributed by atoms with Crippen molar-refractivity contribution in [1.29, 1.82) is 0 Å². The predicted molar refractivity (Wildman–Crippen MR) is 65.4 cm³/mol. The second-order valence-corrected chi connectivity index (χ2v) is 5.80. The fourth-order valence-electron chi connectivity index (χ4n) is 2.03. The molecule has 2 atom stereocenters. The van der Waals surface area contributed by atoms with Gasteiger partial charge in [-0.2, -0.15) is 11.8 Å². The van der Waals surface area contributed by atoms with Crippen molar-refractivity contribution in [2.75, 3.05) is 0 Å². The summed E-state index contributed by atoms with van der Waals surface area (Å²) in [5, 5.41) is 0.402. The van der Waals surface area contributed by atoms with Crippen LogP contribution in [0.5, 0.6) is 5.75 Å². The molecule has 2 nitrogen and oxygen atoms in total. The quantitative estimate of drug-likeness (QED) is 0.851. The van der Waals surface area contributed by atoms with E-state index in [0.29, 0.717) is 5.25 Å². The molecule has 1 aromatic rings. The van der Waals surface area contributed by atoms with Gasteiger partial charge in [0.15, 0.2) is 0 Å². The summed E-state index contributed by atoms with van der Waals surface area (Å²) in [4.78, 5) is 0. The van der Waals surface area contributed by atoms with E-state index in [2.05, 4.69) is 11.7 Å². The summed E-state index contributed by atoms with van der Waals surface area (Å²) in [7, 11) is 0. The minimum absolute atomic E-state index is 0.198. The Balaban J connectivity index is 2.28. The Morgan fingerprint density at radius 1 is 1.39 bits per heavy atom. The van der Waals surface area contributed by atoms with Crippen molar-refractivity contribution in [2.24, 2.45) is 5.73 Å². The normalized spacial score (nSPS) is 24.3. The number of alkyl halides is 3. The van der Waals surface area contributed by atoms with Gasteiger partial charge in [0, 0.05) is 17.0 Å². The van der Waals surface area contributed by atoms with Gasteiger partial charge in [0.05, 0.1) is 0 Å². The van der Waals surface area contributed by atoms with Gasteiger partial charge in [0.2, 0.25) is 0 Å². The van der Waals surface area contributed by atoms with E-state index in [1.807, 2.05) is 0 Å². The molecule has 0 saturated carbocycles. The SMILES string of the molecule is CC1C[C@H](N)c2cc(OC(F)(F)F)ccc2CS1. The van der Waals surface area contributed by atoms with Crippen molar-refractivity contribution < 1.29 is 17.9 Å². The average Bonchev–Trinajstić information content (AvgIpc) is 2.37. The van der Waals surface area contributed by atoms with Crippen LogP contribution >= 0.6 is 11.8 Å². The van der Waals surface area contributed by atoms with E-state index in [1.54, 1.807) is 17.8 Å². The smallest absolute Gasteiger partial charge is 0.406 e. The van der Waals surface area contributed by atoms with Gasteiger partial charge in [-0.15, -0.1) is 13.2 Å². The molecule has 0 aliphatic carbocycles. The van der Waals surface area contributed by atoms with E-state index in [0.717, 1.165) is 23.3 Å². The molecule has 0 radical (unpaired) electrons. The zero-order chi connectivity index (χ0) is 13.3. The third-order valence-electron chi connectivity index (χ3n) is 2.86. The molecule has 18 heavy (non-hydrogen) atoms. The van der Waals surface area contributed by atoms with Crippen LogP contribution in [0.15, 0.2) is 18.2 Å². The van der Waals surface area contributed by atoms with Gasteiger partial charge in [0.1, 0.15) is 5.75 Å². The van der Waals surface area contributed by atoms with Crippen molar-refractivity contribution in [3.05, 3.63) is 29.3 Å². The fourth-order valence-corrected chi connectivity index (χ4v) is 3.10. The molecule has 1 unspecified atom stereocenters. The van der Waals surface area contributed by atoms with Gasteiger partial charge < -0.3 is 10.5 Å². The largest absolute Gasteiger partial charge is 0.573 e. The second kappa shape index (κ2) is 5.01. The van der Waals surface area contributed by atoms with Crippen molar-refractivity contribution in [3.8, 4) is 5.75 Å². The number of hydrogen-bond donors (Lipinski definition) is 1. The van der Waals surface area contributed by atoms with Crippen molar-refractivity contribution in [2.45, 2.75) is 36.8 Å². The molecule has 1 aliphatic heterocycles. The predicted octanol–water partition coefficient (Wildman–Crippen LogP) is 3.61. The van der Waals surface area contributed by atoms with Gasteiger partial charge in [-0.05, 0) is 29.7 Å². The topological polar surface area (TPSA) is 35.2 Å². The molecule has 1 heterocycles. The first-order valence-corrected chi connectivity index (χ1v) is 6.66. The summed E-state index contributed by atoms with van der Waals surface area (Å²) in [6.07, 6.45) is -3.90. The maximum absolute atomic E-state index is 12.2. The number of benzene rings is 1. The third-order valence-corrected chi connectivity index (χ3v) is 4.10. The highest BCUT2D eigenvalue weighted by Gasteiger charge is 2.31. The second-order valence-electron chi connectivity index (χ2n) is 4.37. The Labute approximate surface area is 108 Å². The Hall–Kier alpha value is -0.880. The summed E-state index contributed by atoms with van der Waals surface area (Å²) in [5.74, 6) is 0.576. The molecule has 0 amide bonds. The van der Waals surface area contributed by atoms with Gasteiger partial charge >= 0.3 is 6.36 Å². The highest BCUT2D eigenvalue weighted by Crippen LogP contribution is 2.36. The van der Waals surface area contributed by atoms with E-state index < -0.39 is 6.36 Å². The lowest BCUT2D eigenvalue weighted by Crippen LogP contribution is -2.18. The molecule has 100 valence electrons. The third kappa shape index (κ3) is 3.32. The number of fused-ring (bicyclic) bond motifs is 1. The zero-order valence-corrected chi connectivity index (χ0v) is 10.6. The molecule has 2 N–H and O–H groups in total. The molecule has 6 heteroatoms. The molecule has 2 rings (SSSR count). The van der Waals surface area contributed by atoms with Crippen LogP contribution in [0.4, 0.5) is 13.2 Å². The maximum Gasteiger partial charge on any atom is 0.573 e. The first kappa shape index (κ1) is 13.5. The summed E-state index contributed by atoms with van der Waals surface area (Å²) in [6.45, 7) is 2.07. The van der Waals surface area contributed by atoms with Gasteiger partial charge in [-0.25, -0.2) is 0 Å². The van der Waals surface area contributed by atoms with E-state index in [1.165, 1.54) is 12.1 Å². The number of hydrogen-bond acceptors (Lipinski definition) is 3. The number of thioether (sulfide) groups is 1. The monoisotopic (exact) mass is 277 g/mol. The lowest BCUT2D eigenvalue weighted by atomic mass is 9.98. The molecular formula is C12H14F3NOS. The number of ether oxygens (including phenoxy) is 1. The molecule has 0 spiro atoms. The first-order chi connectivity index (χ1) is 8.35. The first-order valence-electron chi connectivity index (χ1n) is 5.61. The number of nitrogens with two attached hydrogens (primary N) is 1. The molecule has 0 fully saturated rings. The Bertz CT molecular complexity index is 436. The Morgan fingerprint density at radius 2 is 2.11 bits per heavy atom. The van der Waals surface area contributed by atoms with Crippen LogP contribution in [-0.2, 0) is 5.75 Å². The van der Waals surface area contributed by atoms with Crippen LogP contribution in [0.2, 0.25) is 0 Å². The highest BCUT2D eigenvalue weighted by molar-refractivity contribution is 7.99. The van der Waals surface area contributed by atoms with Crippen LogP contribution in [-0.4, -0.2) is 11.6 Å². The van der Waals surface area contributed by atoms with Gasteiger partial charge in [0.25, 0.3) is 0 Å². The number of halogens is 3. The standard InChI is InChI=1S/C12H14F3NOS/c1-7-4-11(16)10-5-9(17-12(13,14)15)3-2-8(10)6-18-7/h2-3,5,7,11H,4,6,16H2,1H3/t7?,11-/m0/s1.